The summed E-state index contributed by atoms with van der Waals surface area (Å²) in [4.78, 5) is 11.5. The van der Waals surface area contributed by atoms with Crippen LogP contribution in [-0.2, 0) is 9.53 Å². The summed E-state index contributed by atoms with van der Waals surface area (Å²) >= 11 is 0. The summed E-state index contributed by atoms with van der Waals surface area (Å²) in [5, 5.41) is 0. The van der Waals surface area contributed by atoms with Crippen molar-refractivity contribution in [3.05, 3.63) is 0 Å². The lowest BCUT2D eigenvalue weighted by Gasteiger charge is -2.24. The second-order valence-electron chi connectivity index (χ2n) is 6.66. The van der Waals surface area contributed by atoms with Crippen LogP contribution in [0.1, 0.15) is 61.3 Å². The van der Waals surface area contributed by atoms with Gasteiger partial charge in [0.2, 0.25) is 0 Å². The van der Waals surface area contributed by atoms with Gasteiger partial charge in [0.15, 0.2) is 0 Å². The van der Waals surface area contributed by atoms with Crippen molar-refractivity contribution < 1.29 is 9.53 Å². The van der Waals surface area contributed by atoms with Gasteiger partial charge < -0.3 is 4.74 Å². The van der Waals surface area contributed by atoms with Gasteiger partial charge >= 0.3 is 5.97 Å². The fraction of sp³-hybridized carbons (Fsp3) is 0.923. The van der Waals surface area contributed by atoms with E-state index in [2.05, 4.69) is 27.7 Å². The van der Waals surface area contributed by atoms with E-state index in [0.29, 0.717) is 12.3 Å². The molecule has 0 aliphatic carbocycles. The lowest BCUT2D eigenvalue weighted by molar-refractivity contribution is -0.156. The van der Waals surface area contributed by atoms with Gasteiger partial charge in [-0.05, 0) is 38.5 Å². The molecule has 0 spiro atoms. The maximum atomic E-state index is 11.5. The summed E-state index contributed by atoms with van der Waals surface area (Å²) in [6, 6.07) is 0. The van der Waals surface area contributed by atoms with Crippen molar-refractivity contribution in [1.82, 2.24) is 0 Å². The maximum absolute atomic E-state index is 11.5. The molecule has 0 bridgehead atoms. The SMILES string of the molecule is C[C@@H](CC(=O)OC(C)(C)C)CC(C)(C)C. The summed E-state index contributed by atoms with van der Waals surface area (Å²) < 4.78 is 5.28. The number of ether oxygens (including phenoxy) is 1. The number of carbonyl (C=O) groups excluding carboxylic acids is 1. The molecule has 0 heterocycles. The minimum Gasteiger partial charge on any atom is -0.460 e. The van der Waals surface area contributed by atoms with E-state index in [1.807, 2.05) is 20.8 Å². The first-order valence-corrected chi connectivity index (χ1v) is 5.71. The van der Waals surface area contributed by atoms with Crippen LogP contribution in [0.25, 0.3) is 0 Å². The molecule has 0 aliphatic rings. The van der Waals surface area contributed by atoms with Crippen LogP contribution in [0.5, 0.6) is 0 Å². The van der Waals surface area contributed by atoms with Gasteiger partial charge in [-0.3, -0.25) is 4.79 Å². The number of esters is 1. The zero-order valence-electron chi connectivity index (χ0n) is 11.3. The van der Waals surface area contributed by atoms with Crippen LogP contribution in [-0.4, -0.2) is 11.6 Å². The van der Waals surface area contributed by atoms with Gasteiger partial charge in [-0.2, -0.15) is 0 Å². The van der Waals surface area contributed by atoms with Crippen LogP contribution in [0.15, 0.2) is 0 Å². The average Bonchev–Trinajstić information content (AvgIpc) is 1.73. The van der Waals surface area contributed by atoms with E-state index in [4.69, 9.17) is 4.74 Å². The average molecular weight is 214 g/mol. The summed E-state index contributed by atoms with van der Waals surface area (Å²) in [7, 11) is 0. The lowest BCUT2D eigenvalue weighted by atomic mass is 9.84. The number of hydrogen-bond acceptors (Lipinski definition) is 2. The molecule has 1 atom stereocenters. The molecule has 0 N–H and O–H groups in total. The molecule has 0 aromatic rings. The molecule has 15 heavy (non-hydrogen) atoms. The first-order chi connectivity index (χ1) is 6.49. The molecular weight excluding hydrogens is 188 g/mol. The molecule has 0 aliphatic heterocycles. The van der Waals surface area contributed by atoms with E-state index < -0.39 is 0 Å². The molecule has 0 saturated carbocycles. The quantitative estimate of drug-likeness (QED) is 0.668. The number of hydrogen-bond donors (Lipinski definition) is 0. The smallest absolute Gasteiger partial charge is 0.306 e. The second-order valence-corrected chi connectivity index (χ2v) is 6.66. The normalized spacial score (nSPS) is 14.9. The zero-order chi connectivity index (χ0) is 12.3. The van der Waals surface area contributed by atoms with E-state index in [-0.39, 0.29) is 17.0 Å². The van der Waals surface area contributed by atoms with E-state index in [1.165, 1.54) is 0 Å². The molecular formula is C13H26O2. The lowest BCUT2D eigenvalue weighted by Crippen LogP contribution is -2.25. The van der Waals surface area contributed by atoms with Crippen LogP contribution in [0.4, 0.5) is 0 Å². The molecule has 0 radical (unpaired) electrons. The summed E-state index contributed by atoms with van der Waals surface area (Å²) in [5.41, 5.74) is -0.0834. The van der Waals surface area contributed by atoms with Crippen molar-refractivity contribution in [2.45, 2.75) is 66.9 Å². The molecule has 0 aromatic carbocycles. The first-order valence-electron chi connectivity index (χ1n) is 5.71. The van der Waals surface area contributed by atoms with Crippen molar-refractivity contribution in [3.63, 3.8) is 0 Å². The molecule has 90 valence electrons. The third kappa shape index (κ3) is 9.77. The van der Waals surface area contributed by atoms with E-state index in [1.54, 1.807) is 0 Å². The van der Waals surface area contributed by atoms with Gasteiger partial charge in [-0.1, -0.05) is 27.7 Å². The Kier molecular flexibility index (Phi) is 4.82. The van der Waals surface area contributed by atoms with Gasteiger partial charge in [0.25, 0.3) is 0 Å². The Hall–Kier alpha value is -0.530. The third-order valence-electron chi connectivity index (χ3n) is 1.90. The minimum atomic E-state index is -0.363. The van der Waals surface area contributed by atoms with E-state index in [0.717, 1.165) is 6.42 Å². The number of carbonyl (C=O) groups is 1. The van der Waals surface area contributed by atoms with Gasteiger partial charge in [-0.25, -0.2) is 0 Å². The highest BCUT2D eigenvalue weighted by molar-refractivity contribution is 5.70. The molecule has 0 amide bonds. The Labute approximate surface area is 94.4 Å². The standard InChI is InChI=1S/C13H26O2/c1-10(9-12(2,3)4)8-11(14)15-13(5,6)7/h10H,8-9H2,1-7H3/t10-/m0/s1. The fourth-order valence-corrected chi connectivity index (χ4v) is 1.79. The highest BCUT2D eigenvalue weighted by atomic mass is 16.6. The Morgan fingerprint density at radius 2 is 1.60 bits per heavy atom. The Bertz CT molecular complexity index is 206. The predicted octanol–water partition coefficient (Wildman–Crippen LogP) is 3.79. The van der Waals surface area contributed by atoms with Crippen LogP contribution < -0.4 is 0 Å². The van der Waals surface area contributed by atoms with Gasteiger partial charge in [0.05, 0.1) is 0 Å². The summed E-state index contributed by atoms with van der Waals surface area (Å²) in [6.07, 6.45) is 1.57. The van der Waals surface area contributed by atoms with Crippen molar-refractivity contribution in [2.75, 3.05) is 0 Å². The van der Waals surface area contributed by atoms with Gasteiger partial charge in [0.1, 0.15) is 5.60 Å². The zero-order valence-corrected chi connectivity index (χ0v) is 11.3. The number of rotatable bonds is 3. The van der Waals surface area contributed by atoms with Crippen LogP contribution in [0.3, 0.4) is 0 Å². The van der Waals surface area contributed by atoms with Gasteiger partial charge in [0, 0.05) is 6.42 Å². The van der Waals surface area contributed by atoms with Gasteiger partial charge in [-0.15, -0.1) is 0 Å². The highest BCUT2D eigenvalue weighted by Crippen LogP contribution is 2.26. The Morgan fingerprint density at radius 1 is 1.13 bits per heavy atom. The monoisotopic (exact) mass is 214 g/mol. The van der Waals surface area contributed by atoms with Crippen LogP contribution in [0.2, 0.25) is 0 Å². The third-order valence-corrected chi connectivity index (χ3v) is 1.90. The molecule has 0 unspecified atom stereocenters. The van der Waals surface area contributed by atoms with Crippen molar-refractivity contribution in [2.24, 2.45) is 11.3 Å². The van der Waals surface area contributed by atoms with Crippen LogP contribution >= 0.6 is 0 Å². The Morgan fingerprint density at radius 3 is 1.93 bits per heavy atom. The van der Waals surface area contributed by atoms with Crippen molar-refractivity contribution >= 4 is 5.97 Å². The van der Waals surface area contributed by atoms with E-state index in [9.17, 15) is 4.79 Å². The fourth-order valence-electron chi connectivity index (χ4n) is 1.79. The summed E-state index contributed by atoms with van der Waals surface area (Å²) in [6.45, 7) is 14.4. The first kappa shape index (κ1) is 14.5. The molecule has 0 fully saturated rings. The molecule has 2 nitrogen and oxygen atoms in total. The van der Waals surface area contributed by atoms with Crippen LogP contribution in [0, 0.1) is 11.3 Å². The van der Waals surface area contributed by atoms with Crippen molar-refractivity contribution in [1.29, 1.82) is 0 Å². The van der Waals surface area contributed by atoms with E-state index >= 15 is 0 Å². The molecule has 0 aromatic heterocycles. The predicted molar refractivity (Wildman–Crippen MR) is 63.7 cm³/mol. The maximum Gasteiger partial charge on any atom is 0.306 e. The van der Waals surface area contributed by atoms with Crippen molar-refractivity contribution in [3.8, 4) is 0 Å². The molecule has 0 saturated heterocycles. The topological polar surface area (TPSA) is 26.3 Å². The minimum absolute atomic E-state index is 0.0840. The highest BCUT2D eigenvalue weighted by Gasteiger charge is 2.21. The summed E-state index contributed by atoms with van der Waals surface area (Å²) in [5.74, 6) is 0.305. The largest absolute Gasteiger partial charge is 0.460 e. The second kappa shape index (κ2) is 5.00. The Balaban J connectivity index is 3.98. The molecule has 2 heteroatoms. The molecule has 0 rings (SSSR count).